The molecule has 56 valence electrons. The molecule has 1 spiro atoms. The first kappa shape index (κ1) is 6.16. The molecule has 1 unspecified atom stereocenters. The summed E-state index contributed by atoms with van der Waals surface area (Å²) in [5.41, 5.74) is -0.267. The van der Waals surface area contributed by atoms with E-state index in [4.69, 9.17) is 5.11 Å². The van der Waals surface area contributed by atoms with E-state index in [1.807, 2.05) is 6.92 Å². The standard InChI is InChI=1S/C7H11NO2/c1-6(5(9)10)2-7(6)3-8-4-7/h8H,2-4H2,1H3,(H,9,10). The van der Waals surface area contributed by atoms with Gasteiger partial charge in [-0.1, -0.05) is 0 Å². The zero-order chi connectivity index (χ0) is 7.41. The van der Waals surface area contributed by atoms with Gasteiger partial charge in [0.05, 0.1) is 5.41 Å². The molecule has 3 nitrogen and oxygen atoms in total. The first-order valence-electron chi connectivity index (χ1n) is 3.55. The summed E-state index contributed by atoms with van der Waals surface area (Å²) in [6.45, 7) is 3.64. The summed E-state index contributed by atoms with van der Waals surface area (Å²) in [5.74, 6) is -0.631. The third kappa shape index (κ3) is 0.440. The first-order valence-corrected chi connectivity index (χ1v) is 3.55. The Hall–Kier alpha value is -0.570. The van der Waals surface area contributed by atoms with Crippen LogP contribution in [0.5, 0.6) is 0 Å². The highest BCUT2D eigenvalue weighted by Gasteiger charge is 2.71. The lowest BCUT2D eigenvalue weighted by Gasteiger charge is -2.30. The largest absolute Gasteiger partial charge is 0.481 e. The zero-order valence-electron chi connectivity index (χ0n) is 5.98. The predicted octanol–water partition coefficient (Wildman–Crippen LogP) is 0.0706. The van der Waals surface area contributed by atoms with Crippen molar-refractivity contribution in [3.8, 4) is 0 Å². The highest BCUT2D eigenvalue weighted by atomic mass is 16.4. The van der Waals surface area contributed by atoms with E-state index in [9.17, 15) is 4.79 Å². The smallest absolute Gasteiger partial charge is 0.310 e. The molecule has 1 aliphatic carbocycles. The summed E-state index contributed by atoms with van der Waals surface area (Å²) in [5, 5.41) is 11.9. The molecule has 0 bridgehead atoms. The van der Waals surface area contributed by atoms with Gasteiger partial charge >= 0.3 is 5.97 Å². The molecule has 2 N–H and O–H groups in total. The van der Waals surface area contributed by atoms with Crippen LogP contribution in [-0.2, 0) is 4.79 Å². The second-order valence-electron chi connectivity index (χ2n) is 3.70. The van der Waals surface area contributed by atoms with Gasteiger partial charge < -0.3 is 10.4 Å². The van der Waals surface area contributed by atoms with Gasteiger partial charge in [-0.05, 0) is 13.3 Å². The van der Waals surface area contributed by atoms with Gasteiger partial charge in [-0.25, -0.2) is 0 Å². The zero-order valence-corrected chi connectivity index (χ0v) is 5.98. The van der Waals surface area contributed by atoms with Crippen molar-refractivity contribution < 1.29 is 9.90 Å². The molecule has 0 amide bonds. The van der Waals surface area contributed by atoms with E-state index < -0.39 is 11.4 Å². The molecule has 2 fully saturated rings. The molecule has 0 radical (unpaired) electrons. The van der Waals surface area contributed by atoms with Crippen LogP contribution in [-0.4, -0.2) is 24.2 Å². The maximum Gasteiger partial charge on any atom is 0.310 e. The van der Waals surface area contributed by atoms with Crippen LogP contribution in [0.3, 0.4) is 0 Å². The predicted molar refractivity (Wildman–Crippen MR) is 35.7 cm³/mol. The number of aliphatic carboxylic acids is 1. The second-order valence-corrected chi connectivity index (χ2v) is 3.70. The Morgan fingerprint density at radius 1 is 1.60 bits per heavy atom. The van der Waals surface area contributed by atoms with Gasteiger partial charge in [0, 0.05) is 18.5 Å². The average Bonchev–Trinajstić information content (AvgIpc) is 2.37. The first-order chi connectivity index (χ1) is 4.61. The molecule has 0 aromatic carbocycles. The van der Waals surface area contributed by atoms with Crippen molar-refractivity contribution in [2.75, 3.05) is 13.1 Å². The van der Waals surface area contributed by atoms with E-state index in [0.29, 0.717) is 0 Å². The molecule has 1 atom stereocenters. The lowest BCUT2D eigenvalue weighted by atomic mass is 9.89. The Labute approximate surface area is 59.4 Å². The Morgan fingerprint density at radius 2 is 2.20 bits per heavy atom. The van der Waals surface area contributed by atoms with Crippen LogP contribution in [0.2, 0.25) is 0 Å². The minimum Gasteiger partial charge on any atom is -0.481 e. The van der Waals surface area contributed by atoms with Crippen molar-refractivity contribution >= 4 is 5.97 Å². The van der Waals surface area contributed by atoms with Gasteiger partial charge in [0.1, 0.15) is 0 Å². The number of carboxylic acid groups (broad SMARTS) is 1. The van der Waals surface area contributed by atoms with Crippen molar-refractivity contribution in [2.45, 2.75) is 13.3 Å². The van der Waals surface area contributed by atoms with E-state index in [0.717, 1.165) is 19.5 Å². The summed E-state index contributed by atoms with van der Waals surface area (Å²) in [6.07, 6.45) is 0.863. The molecule has 1 heterocycles. The number of rotatable bonds is 1. The third-order valence-corrected chi connectivity index (χ3v) is 3.14. The molecule has 3 heteroatoms. The molecule has 0 aromatic rings. The molecule has 1 saturated heterocycles. The molecule has 1 saturated carbocycles. The van der Waals surface area contributed by atoms with E-state index in [2.05, 4.69) is 5.32 Å². The topological polar surface area (TPSA) is 49.3 Å². The van der Waals surface area contributed by atoms with Crippen molar-refractivity contribution in [1.29, 1.82) is 0 Å². The Balaban J connectivity index is 2.16. The molecular formula is C7H11NO2. The molecule has 2 rings (SSSR count). The van der Waals surface area contributed by atoms with Crippen molar-refractivity contribution in [3.05, 3.63) is 0 Å². The van der Waals surface area contributed by atoms with Crippen molar-refractivity contribution in [3.63, 3.8) is 0 Å². The van der Waals surface area contributed by atoms with Crippen molar-refractivity contribution in [2.24, 2.45) is 10.8 Å². The minimum absolute atomic E-state index is 0.138. The Kier molecular flexibility index (Phi) is 0.844. The quantitative estimate of drug-likeness (QED) is 0.543. The fourth-order valence-corrected chi connectivity index (χ4v) is 1.88. The number of carboxylic acids is 1. The fraction of sp³-hybridized carbons (Fsp3) is 0.857. The fourth-order valence-electron chi connectivity index (χ4n) is 1.88. The van der Waals surface area contributed by atoms with E-state index in [1.165, 1.54) is 0 Å². The number of hydrogen-bond donors (Lipinski definition) is 2. The normalized spacial score (nSPS) is 40.9. The summed E-state index contributed by atoms with van der Waals surface area (Å²) in [4.78, 5) is 10.7. The van der Waals surface area contributed by atoms with Gasteiger partial charge in [0.25, 0.3) is 0 Å². The lowest BCUT2D eigenvalue weighted by Crippen LogP contribution is -2.48. The summed E-state index contributed by atoms with van der Waals surface area (Å²) < 4.78 is 0. The van der Waals surface area contributed by atoms with Crippen LogP contribution in [0.15, 0.2) is 0 Å². The molecule has 10 heavy (non-hydrogen) atoms. The van der Waals surface area contributed by atoms with Crippen LogP contribution in [0.25, 0.3) is 0 Å². The van der Waals surface area contributed by atoms with E-state index >= 15 is 0 Å². The molecule has 2 aliphatic rings. The maximum absolute atomic E-state index is 10.7. The second kappa shape index (κ2) is 1.37. The van der Waals surface area contributed by atoms with Crippen molar-refractivity contribution in [1.82, 2.24) is 5.32 Å². The summed E-state index contributed by atoms with van der Waals surface area (Å²) in [6, 6.07) is 0. The summed E-state index contributed by atoms with van der Waals surface area (Å²) >= 11 is 0. The summed E-state index contributed by atoms with van der Waals surface area (Å²) in [7, 11) is 0. The third-order valence-electron chi connectivity index (χ3n) is 3.14. The van der Waals surface area contributed by atoms with Gasteiger partial charge in [0.2, 0.25) is 0 Å². The van der Waals surface area contributed by atoms with Crippen LogP contribution in [0.1, 0.15) is 13.3 Å². The van der Waals surface area contributed by atoms with Crippen LogP contribution in [0, 0.1) is 10.8 Å². The van der Waals surface area contributed by atoms with E-state index in [-0.39, 0.29) is 5.41 Å². The SMILES string of the molecule is CC1(C(=O)O)CC12CNC2. The number of nitrogens with one attached hydrogen (secondary N) is 1. The Morgan fingerprint density at radius 3 is 2.30 bits per heavy atom. The van der Waals surface area contributed by atoms with Gasteiger partial charge in [-0.2, -0.15) is 0 Å². The van der Waals surface area contributed by atoms with Crippen LogP contribution >= 0.6 is 0 Å². The number of hydrogen-bond acceptors (Lipinski definition) is 2. The number of carbonyl (C=O) groups is 1. The minimum atomic E-state index is -0.631. The molecular weight excluding hydrogens is 130 g/mol. The highest BCUT2D eigenvalue weighted by molar-refractivity contribution is 5.80. The molecule has 1 aliphatic heterocycles. The maximum atomic E-state index is 10.7. The van der Waals surface area contributed by atoms with Gasteiger partial charge in [0.15, 0.2) is 0 Å². The highest BCUT2D eigenvalue weighted by Crippen LogP contribution is 2.65. The van der Waals surface area contributed by atoms with E-state index in [1.54, 1.807) is 0 Å². The average molecular weight is 141 g/mol. The van der Waals surface area contributed by atoms with Crippen LogP contribution in [0.4, 0.5) is 0 Å². The van der Waals surface area contributed by atoms with Crippen LogP contribution < -0.4 is 5.32 Å². The monoisotopic (exact) mass is 141 g/mol. The Bertz CT molecular complexity index is 198. The lowest BCUT2D eigenvalue weighted by molar-refractivity contribution is -0.144. The van der Waals surface area contributed by atoms with Gasteiger partial charge in [-0.15, -0.1) is 0 Å². The molecule has 0 aromatic heterocycles. The van der Waals surface area contributed by atoms with Gasteiger partial charge in [-0.3, -0.25) is 4.79 Å².